The van der Waals surface area contributed by atoms with E-state index in [1.807, 2.05) is 0 Å². The first-order valence-electron chi connectivity index (χ1n) is 3.79. The fourth-order valence-electron chi connectivity index (χ4n) is 1.33. The van der Waals surface area contributed by atoms with Crippen LogP contribution in [-0.2, 0) is 4.79 Å². The Kier molecular flexibility index (Phi) is 3.02. The molecular formula is C8H12N2O. The fourth-order valence-corrected chi connectivity index (χ4v) is 1.33. The van der Waals surface area contributed by atoms with Crippen LogP contribution < -0.4 is 5.32 Å². The lowest BCUT2D eigenvalue weighted by Crippen LogP contribution is -2.08. The van der Waals surface area contributed by atoms with Gasteiger partial charge in [-0.05, 0) is 31.8 Å². The first kappa shape index (κ1) is 8.18. The van der Waals surface area contributed by atoms with Gasteiger partial charge in [-0.25, -0.2) is 4.79 Å². The lowest BCUT2D eigenvalue weighted by molar-refractivity contribution is 0.557. The highest BCUT2D eigenvalue weighted by molar-refractivity contribution is 5.36. The van der Waals surface area contributed by atoms with E-state index < -0.39 is 0 Å². The number of aliphatic imine (C=N–C) groups is 1. The van der Waals surface area contributed by atoms with Crippen molar-refractivity contribution in [3.63, 3.8) is 0 Å². The van der Waals surface area contributed by atoms with Crippen LogP contribution >= 0.6 is 0 Å². The maximum Gasteiger partial charge on any atom is 0.240 e. The first-order valence-corrected chi connectivity index (χ1v) is 3.79. The molecule has 1 unspecified atom stereocenters. The molecule has 0 amide bonds. The summed E-state index contributed by atoms with van der Waals surface area (Å²) in [6, 6.07) is 0. The van der Waals surface area contributed by atoms with Crippen LogP contribution in [-0.4, -0.2) is 19.2 Å². The Balaban J connectivity index is 2.29. The van der Waals surface area contributed by atoms with Gasteiger partial charge in [0.15, 0.2) is 0 Å². The molecule has 1 atom stereocenters. The average Bonchev–Trinajstić information content (AvgIpc) is 2.40. The second-order valence-corrected chi connectivity index (χ2v) is 2.83. The molecule has 3 heteroatoms. The zero-order valence-electron chi connectivity index (χ0n) is 6.47. The van der Waals surface area contributed by atoms with Crippen LogP contribution in [0.4, 0.5) is 0 Å². The molecule has 1 heterocycles. The van der Waals surface area contributed by atoms with Crippen LogP contribution in [0.3, 0.4) is 0 Å². The normalized spacial score (nSPS) is 22.7. The first-order chi connectivity index (χ1) is 5.33. The van der Waals surface area contributed by atoms with Crippen LogP contribution in [0.1, 0.15) is 12.8 Å². The van der Waals surface area contributed by atoms with Crippen LogP contribution in [0, 0.1) is 5.92 Å². The second kappa shape index (κ2) is 4.06. The van der Waals surface area contributed by atoms with Gasteiger partial charge in [0.1, 0.15) is 0 Å². The van der Waals surface area contributed by atoms with Crippen molar-refractivity contribution < 1.29 is 4.79 Å². The molecule has 1 aliphatic rings. The molecule has 1 saturated heterocycles. The molecule has 1 N–H and O–H groups in total. The summed E-state index contributed by atoms with van der Waals surface area (Å²) in [6.45, 7) is 5.74. The third-order valence-electron chi connectivity index (χ3n) is 1.89. The van der Waals surface area contributed by atoms with E-state index in [0.29, 0.717) is 11.6 Å². The molecule has 0 aromatic carbocycles. The number of hydrogen-bond donors (Lipinski definition) is 1. The van der Waals surface area contributed by atoms with Crippen LogP contribution in [0.2, 0.25) is 0 Å². The number of hydrogen-bond acceptors (Lipinski definition) is 3. The van der Waals surface area contributed by atoms with E-state index in [1.165, 1.54) is 6.08 Å². The van der Waals surface area contributed by atoms with E-state index in [-0.39, 0.29) is 0 Å². The van der Waals surface area contributed by atoms with Crippen molar-refractivity contribution in [3.05, 3.63) is 12.3 Å². The Labute approximate surface area is 66.2 Å². The Morgan fingerprint density at radius 1 is 1.82 bits per heavy atom. The average molecular weight is 152 g/mol. The van der Waals surface area contributed by atoms with Gasteiger partial charge in [-0.15, -0.1) is 0 Å². The zero-order chi connectivity index (χ0) is 8.10. The van der Waals surface area contributed by atoms with Gasteiger partial charge >= 0.3 is 0 Å². The predicted octanol–water partition coefficient (Wildman–Crippen LogP) is 0.835. The molecular weight excluding hydrogens is 140 g/mol. The van der Waals surface area contributed by atoms with E-state index in [1.54, 1.807) is 0 Å². The molecule has 0 aromatic heterocycles. The van der Waals surface area contributed by atoms with E-state index in [9.17, 15) is 4.79 Å². The Morgan fingerprint density at radius 3 is 3.18 bits per heavy atom. The van der Waals surface area contributed by atoms with E-state index in [4.69, 9.17) is 0 Å². The monoisotopic (exact) mass is 152 g/mol. The second-order valence-electron chi connectivity index (χ2n) is 2.83. The highest BCUT2D eigenvalue weighted by Gasteiger charge is 2.14. The molecule has 0 saturated carbocycles. The van der Waals surface area contributed by atoms with Crippen molar-refractivity contribution in [2.45, 2.75) is 12.8 Å². The molecule has 0 aromatic rings. The molecule has 0 aliphatic carbocycles. The molecule has 1 rings (SSSR count). The van der Waals surface area contributed by atoms with Crippen LogP contribution in [0.15, 0.2) is 17.3 Å². The lowest BCUT2D eigenvalue weighted by Gasteiger charge is -2.04. The number of carbonyl (C=O) groups excluding carboxylic acids is 1. The number of allylic oxidation sites excluding steroid dienone is 1. The lowest BCUT2D eigenvalue weighted by atomic mass is 10.0. The van der Waals surface area contributed by atoms with Gasteiger partial charge < -0.3 is 5.32 Å². The minimum Gasteiger partial charge on any atom is -0.316 e. The third kappa shape index (κ3) is 2.66. The van der Waals surface area contributed by atoms with Crippen molar-refractivity contribution in [1.29, 1.82) is 0 Å². The molecule has 11 heavy (non-hydrogen) atoms. The molecule has 1 fully saturated rings. The van der Waals surface area contributed by atoms with Gasteiger partial charge in [0.25, 0.3) is 0 Å². The van der Waals surface area contributed by atoms with Crippen LogP contribution in [0.5, 0.6) is 0 Å². The highest BCUT2D eigenvalue weighted by Crippen LogP contribution is 2.16. The van der Waals surface area contributed by atoms with Gasteiger partial charge in [-0.3, -0.25) is 0 Å². The quantitative estimate of drug-likeness (QED) is 0.481. The molecule has 60 valence electrons. The molecule has 1 aliphatic heterocycles. The van der Waals surface area contributed by atoms with E-state index in [2.05, 4.69) is 16.9 Å². The maximum absolute atomic E-state index is 9.82. The summed E-state index contributed by atoms with van der Waals surface area (Å²) < 4.78 is 0. The van der Waals surface area contributed by atoms with Crippen molar-refractivity contribution >= 4 is 6.08 Å². The van der Waals surface area contributed by atoms with Crippen molar-refractivity contribution in [3.8, 4) is 0 Å². The highest BCUT2D eigenvalue weighted by atomic mass is 16.1. The van der Waals surface area contributed by atoms with Crippen molar-refractivity contribution in [1.82, 2.24) is 5.32 Å². The number of nitrogens with one attached hydrogen (secondary N) is 1. The Hall–Kier alpha value is -0.920. The third-order valence-corrected chi connectivity index (χ3v) is 1.89. The van der Waals surface area contributed by atoms with Gasteiger partial charge in [0.05, 0.1) is 0 Å². The minimum absolute atomic E-state index is 0.611. The summed E-state index contributed by atoms with van der Waals surface area (Å²) >= 11 is 0. The summed E-state index contributed by atoms with van der Waals surface area (Å²) in [7, 11) is 0. The predicted molar refractivity (Wildman–Crippen MR) is 42.9 cm³/mol. The summed E-state index contributed by atoms with van der Waals surface area (Å²) in [5.74, 6) is 0.611. The fraction of sp³-hybridized carbons (Fsp3) is 0.625. The molecule has 0 spiro atoms. The number of rotatable bonds is 3. The van der Waals surface area contributed by atoms with E-state index in [0.717, 1.165) is 25.9 Å². The van der Waals surface area contributed by atoms with Gasteiger partial charge in [0, 0.05) is 5.70 Å². The maximum atomic E-state index is 9.82. The molecule has 0 bridgehead atoms. The van der Waals surface area contributed by atoms with Gasteiger partial charge in [0.2, 0.25) is 6.08 Å². The molecule has 0 radical (unpaired) electrons. The minimum atomic E-state index is 0.611. The largest absolute Gasteiger partial charge is 0.316 e. The topological polar surface area (TPSA) is 41.5 Å². The summed E-state index contributed by atoms with van der Waals surface area (Å²) in [5, 5.41) is 3.24. The standard InChI is InChI=1S/C8H12N2O/c1-7(10-6-11)4-8-2-3-9-5-8/h8-9H,1-5H2. The van der Waals surface area contributed by atoms with Gasteiger partial charge in [-0.1, -0.05) is 6.58 Å². The van der Waals surface area contributed by atoms with Gasteiger partial charge in [-0.2, -0.15) is 4.99 Å². The Bertz CT molecular complexity index is 188. The SMILES string of the molecule is C=C(CC1CCNC1)N=C=O. The number of nitrogens with zero attached hydrogens (tertiary/aromatic N) is 1. The molecule has 3 nitrogen and oxygen atoms in total. The number of isocyanates is 1. The van der Waals surface area contributed by atoms with E-state index >= 15 is 0 Å². The Morgan fingerprint density at radius 2 is 2.64 bits per heavy atom. The summed E-state index contributed by atoms with van der Waals surface area (Å²) in [5.41, 5.74) is 0.647. The van der Waals surface area contributed by atoms with Crippen LogP contribution in [0.25, 0.3) is 0 Å². The van der Waals surface area contributed by atoms with Crippen molar-refractivity contribution in [2.75, 3.05) is 13.1 Å². The summed E-state index contributed by atoms with van der Waals surface area (Å²) in [6.07, 6.45) is 3.48. The zero-order valence-corrected chi connectivity index (χ0v) is 6.47. The smallest absolute Gasteiger partial charge is 0.240 e. The van der Waals surface area contributed by atoms with Crippen molar-refractivity contribution in [2.24, 2.45) is 10.9 Å². The summed E-state index contributed by atoms with van der Waals surface area (Å²) in [4.78, 5) is 13.3.